The number of aromatic nitrogens is 2. The number of benzene rings is 1. The Kier molecular flexibility index (Phi) is 4.19. The molecule has 1 N–H and O–H groups in total. The second kappa shape index (κ2) is 6.81. The van der Waals surface area contributed by atoms with Crippen LogP contribution in [0.15, 0.2) is 60.0 Å². The van der Waals surface area contributed by atoms with Crippen LogP contribution in [0.3, 0.4) is 0 Å². The molecule has 4 rings (SSSR count). The smallest absolute Gasteiger partial charge is 0.274 e. The molecule has 0 bridgehead atoms. The fraction of sp³-hybridized carbons (Fsp3) is 0.0952. The molecular formula is C21H15N5O. The summed E-state index contributed by atoms with van der Waals surface area (Å²) in [6.07, 6.45) is 4.88. The minimum atomic E-state index is -0.308. The quantitative estimate of drug-likeness (QED) is 0.782. The molecule has 130 valence electrons. The maximum Gasteiger partial charge on any atom is 0.274 e. The van der Waals surface area contributed by atoms with Crippen LogP contribution in [0.25, 0.3) is 0 Å². The van der Waals surface area contributed by atoms with E-state index >= 15 is 0 Å². The van der Waals surface area contributed by atoms with E-state index in [2.05, 4.69) is 20.3 Å². The molecule has 1 aliphatic heterocycles. The monoisotopic (exact) mass is 353 g/mol. The minimum absolute atomic E-state index is 0.303. The van der Waals surface area contributed by atoms with Crippen LogP contribution in [0.2, 0.25) is 0 Å². The second-order valence-corrected chi connectivity index (χ2v) is 6.23. The molecule has 0 spiro atoms. The Morgan fingerprint density at radius 1 is 1.19 bits per heavy atom. The van der Waals surface area contributed by atoms with Gasteiger partial charge < -0.3 is 5.32 Å². The number of aryl methyl sites for hydroxylation is 1. The zero-order valence-electron chi connectivity index (χ0n) is 14.6. The van der Waals surface area contributed by atoms with Gasteiger partial charge in [-0.2, -0.15) is 5.26 Å². The van der Waals surface area contributed by atoms with Gasteiger partial charge >= 0.3 is 0 Å². The molecular weight excluding hydrogens is 338 g/mol. The number of aliphatic imine (C=N–C) groups is 1. The third-order valence-corrected chi connectivity index (χ3v) is 4.41. The number of nitrogens with zero attached hydrogens (tertiary/aromatic N) is 4. The summed E-state index contributed by atoms with van der Waals surface area (Å²) < 4.78 is 0. The van der Waals surface area contributed by atoms with Gasteiger partial charge in [0.2, 0.25) is 0 Å². The summed E-state index contributed by atoms with van der Waals surface area (Å²) in [6.45, 7) is 2.39. The van der Waals surface area contributed by atoms with Crippen LogP contribution in [0.4, 0.5) is 5.69 Å². The number of nitrogens with one attached hydrogen (secondary N) is 1. The molecule has 6 heteroatoms. The summed E-state index contributed by atoms with van der Waals surface area (Å²) in [7, 11) is 0. The molecule has 6 nitrogen and oxygen atoms in total. The average molecular weight is 353 g/mol. The van der Waals surface area contributed by atoms with Gasteiger partial charge in [0.05, 0.1) is 17.8 Å². The maximum atomic E-state index is 12.6. The molecule has 3 heterocycles. The molecule has 1 aromatic carbocycles. The number of fused-ring (bicyclic) bond motifs is 1. The molecule has 0 fully saturated rings. The van der Waals surface area contributed by atoms with Crippen LogP contribution >= 0.6 is 0 Å². The number of amides is 1. The molecule has 0 unspecified atom stereocenters. The van der Waals surface area contributed by atoms with Crippen molar-refractivity contribution >= 4 is 17.3 Å². The first-order chi connectivity index (χ1) is 13.2. The van der Waals surface area contributed by atoms with E-state index in [0.29, 0.717) is 29.1 Å². The zero-order valence-corrected chi connectivity index (χ0v) is 14.6. The first-order valence-electron chi connectivity index (χ1n) is 8.42. The van der Waals surface area contributed by atoms with E-state index in [-0.39, 0.29) is 5.91 Å². The van der Waals surface area contributed by atoms with Crippen LogP contribution < -0.4 is 5.32 Å². The molecule has 0 aliphatic carbocycles. The van der Waals surface area contributed by atoms with Crippen molar-refractivity contribution in [2.75, 3.05) is 5.32 Å². The van der Waals surface area contributed by atoms with Gasteiger partial charge in [-0.25, -0.2) is 4.98 Å². The number of carbonyl (C=O) groups is 1. The fourth-order valence-corrected chi connectivity index (χ4v) is 3.08. The molecule has 1 aliphatic rings. The molecule has 3 aromatic rings. The Balaban J connectivity index is 1.61. The second-order valence-electron chi connectivity index (χ2n) is 6.23. The van der Waals surface area contributed by atoms with Gasteiger partial charge in [-0.1, -0.05) is 6.07 Å². The molecule has 0 radical (unpaired) electrons. The molecule has 0 saturated heterocycles. The Hall–Kier alpha value is -3.85. The van der Waals surface area contributed by atoms with E-state index < -0.39 is 0 Å². The van der Waals surface area contributed by atoms with E-state index in [0.717, 1.165) is 22.4 Å². The van der Waals surface area contributed by atoms with Gasteiger partial charge in [0.15, 0.2) is 0 Å². The van der Waals surface area contributed by atoms with Crippen LogP contribution in [0.5, 0.6) is 0 Å². The number of nitriles is 1. The largest absolute Gasteiger partial charge is 0.321 e. The molecule has 0 atom stereocenters. The van der Waals surface area contributed by atoms with Crippen LogP contribution in [0.1, 0.15) is 38.3 Å². The lowest BCUT2D eigenvalue weighted by molar-refractivity contribution is 0.102. The summed E-state index contributed by atoms with van der Waals surface area (Å²) in [5.74, 6) is -0.308. The van der Waals surface area contributed by atoms with Crippen LogP contribution in [0, 0.1) is 18.3 Å². The van der Waals surface area contributed by atoms with Gasteiger partial charge in [-0.3, -0.25) is 14.8 Å². The fourth-order valence-electron chi connectivity index (χ4n) is 3.08. The summed E-state index contributed by atoms with van der Waals surface area (Å²) >= 11 is 0. The Morgan fingerprint density at radius 3 is 2.74 bits per heavy atom. The number of hydrogen-bond acceptors (Lipinski definition) is 5. The van der Waals surface area contributed by atoms with E-state index in [1.54, 1.807) is 25.4 Å². The lowest BCUT2D eigenvalue weighted by atomic mass is 10.00. The van der Waals surface area contributed by atoms with Crippen molar-refractivity contribution < 1.29 is 4.79 Å². The van der Waals surface area contributed by atoms with E-state index in [1.807, 2.05) is 36.4 Å². The van der Waals surface area contributed by atoms with Gasteiger partial charge in [0.1, 0.15) is 11.8 Å². The molecule has 1 amide bonds. The molecule has 27 heavy (non-hydrogen) atoms. The SMILES string of the molecule is Cc1cc(C#N)cnc1C(=O)Nc1ccc2c(c1)C(c1ccncc1)=NC2. The topological polar surface area (TPSA) is 91.0 Å². The highest BCUT2D eigenvalue weighted by molar-refractivity contribution is 6.16. The predicted octanol–water partition coefficient (Wildman–Crippen LogP) is 3.26. The first kappa shape index (κ1) is 16.6. The highest BCUT2D eigenvalue weighted by Crippen LogP contribution is 2.26. The van der Waals surface area contributed by atoms with Crippen molar-refractivity contribution in [3.63, 3.8) is 0 Å². The predicted molar refractivity (Wildman–Crippen MR) is 102 cm³/mol. The van der Waals surface area contributed by atoms with Gasteiger partial charge in [-0.15, -0.1) is 0 Å². The van der Waals surface area contributed by atoms with Crippen molar-refractivity contribution in [2.24, 2.45) is 4.99 Å². The number of pyridine rings is 2. The van der Waals surface area contributed by atoms with E-state index in [1.165, 1.54) is 6.20 Å². The van der Waals surface area contributed by atoms with Crippen LogP contribution in [-0.4, -0.2) is 21.6 Å². The van der Waals surface area contributed by atoms with Gasteiger partial charge in [0, 0.05) is 35.4 Å². The normalized spacial score (nSPS) is 12.1. The van der Waals surface area contributed by atoms with Crippen molar-refractivity contribution in [2.45, 2.75) is 13.5 Å². The highest BCUT2D eigenvalue weighted by atomic mass is 16.1. The number of carbonyl (C=O) groups excluding carboxylic acids is 1. The van der Waals surface area contributed by atoms with Crippen molar-refractivity contribution in [1.82, 2.24) is 9.97 Å². The lowest BCUT2D eigenvalue weighted by Gasteiger charge is -2.10. The lowest BCUT2D eigenvalue weighted by Crippen LogP contribution is -2.16. The van der Waals surface area contributed by atoms with Crippen molar-refractivity contribution in [3.8, 4) is 6.07 Å². The summed E-state index contributed by atoms with van der Waals surface area (Å²) in [4.78, 5) is 25.4. The third kappa shape index (κ3) is 3.18. The first-order valence-corrected chi connectivity index (χ1v) is 8.42. The number of rotatable bonds is 3. The standard InChI is InChI=1S/C21H15N5O/c1-13-8-14(10-22)11-24-19(13)21(27)26-17-3-2-16-12-25-20(18(16)9-17)15-4-6-23-7-5-15/h2-9,11H,12H2,1H3,(H,26,27). The third-order valence-electron chi connectivity index (χ3n) is 4.41. The number of hydrogen-bond donors (Lipinski definition) is 1. The minimum Gasteiger partial charge on any atom is -0.321 e. The Morgan fingerprint density at radius 2 is 2.00 bits per heavy atom. The van der Waals surface area contributed by atoms with Crippen LogP contribution in [-0.2, 0) is 6.54 Å². The Bertz CT molecular complexity index is 1110. The van der Waals surface area contributed by atoms with Crippen molar-refractivity contribution in [3.05, 3.63) is 88.5 Å². The Labute approximate surface area is 156 Å². The summed E-state index contributed by atoms with van der Waals surface area (Å²) in [6, 6.07) is 13.3. The number of anilines is 1. The van der Waals surface area contributed by atoms with E-state index in [9.17, 15) is 4.79 Å². The molecule has 2 aromatic heterocycles. The van der Waals surface area contributed by atoms with E-state index in [4.69, 9.17) is 5.26 Å². The highest BCUT2D eigenvalue weighted by Gasteiger charge is 2.19. The van der Waals surface area contributed by atoms with Crippen molar-refractivity contribution in [1.29, 1.82) is 5.26 Å². The summed E-state index contributed by atoms with van der Waals surface area (Å²) in [5, 5.41) is 11.8. The maximum absolute atomic E-state index is 12.6. The average Bonchev–Trinajstić information content (AvgIpc) is 3.11. The summed E-state index contributed by atoms with van der Waals surface area (Å²) in [5.41, 5.74) is 6.08. The van der Waals surface area contributed by atoms with Gasteiger partial charge in [0.25, 0.3) is 5.91 Å². The molecule has 0 saturated carbocycles. The zero-order chi connectivity index (χ0) is 18.8. The van der Waals surface area contributed by atoms with Gasteiger partial charge in [-0.05, 0) is 48.4 Å².